The number of hydrogen-bond donors (Lipinski definition) is 2. The Morgan fingerprint density at radius 2 is 2.05 bits per heavy atom. The van der Waals surface area contributed by atoms with Crippen molar-refractivity contribution >= 4 is 5.91 Å². The van der Waals surface area contributed by atoms with Crippen LogP contribution in [0.2, 0.25) is 0 Å². The normalized spacial score (nSPS) is 23.3. The summed E-state index contributed by atoms with van der Waals surface area (Å²) in [6.45, 7) is 10.5. The van der Waals surface area contributed by atoms with Gasteiger partial charge in [-0.1, -0.05) is 0 Å². The Labute approximate surface area is 130 Å². The van der Waals surface area contributed by atoms with E-state index in [9.17, 15) is 9.59 Å². The number of carbonyl (C=O) groups excluding carboxylic acids is 1. The van der Waals surface area contributed by atoms with Gasteiger partial charge in [-0.15, -0.1) is 0 Å². The molecule has 1 fully saturated rings. The summed E-state index contributed by atoms with van der Waals surface area (Å²) in [5, 5.41) is 8.87. The van der Waals surface area contributed by atoms with Gasteiger partial charge in [0, 0.05) is 31.2 Å². The third-order valence-electron chi connectivity index (χ3n) is 3.87. The van der Waals surface area contributed by atoms with Gasteiger partial charge in [-0.05, 0) is 33.8 Å². The van der Waals surface area contributed by atoms with E-state index in [1.165, 1.54) is 12.1 Å². The van der Waals surface area contributed by atoms with E-state index in [1.807, 2.05) is 0 Å². The second-order valence-electron chi connectivity index (χ2n) is 6.46. The van der Waals surface area contributed by atoms with Crippen LogP contribution in [0.5, 0.6) is 0 Å². The molecule has 2 atom stereocenters. The molecule has 2 N–H and O–H groups in total. The number of H-pyrrole nitrogens is 1. The van der Waals surface area contributed by atoms with E-state index in [0.717, 1.165) is 13.1 Å². The van der Waals surface area contributed by atoms with Crippen molar-refractivity contribution in [1.82, 2.24) is 20.4 Å². The van der Waals surface area contributed by atoms with Gasteiger partial charge in [-0.2, -0.15) is 5.10 Å². The van der Waals surface area contributed by atoms with Gasteiger partial charge in [-0.3, -0.25) is 14.5 Å². The highest BCUT2D eigenvalue weighted by Crippen LogP contribution is 2.20. The largest absolute Gasteiger partial charge is 0.373 e. The molecule has 0 aliphatic carbocycles. The zero-order valence-corrected chi connectivity index (χ0v) is 13.5. The number of nitrogens with zero attached hydrogens (tertiary/aromatic N) is 2. The standard InChI is InChI=1S/C15H24N4O3/c1-10-7-19(8-11(2)22-10)15(3,4)9-16-14(21)12-5-6-13(20)18-17-12/h5-6,10-11H,7-9H2,1-4H3,(H,16,21)(H,18,20)/t10-,11-/m1/s1. The molecule has 0 aromatic carbocycles. The van der Waals surface area contributed by atoms with Crippen molar-refractivity contribution in [2.75, 3.05) is 19.6 Å². The molecule has 1 aromatic rings. The fraction of sp³-hybridized carbons (Fsp3) is 0.667. The molecule has 1 aliphatic rings. The predicted molar refractivity (Wildman–Crippen MR) is 82.9 cm³/mol. The van der Waals surface area contributed by atoms with Crippen LogP contribution in [0.15, 0.2) is 16.9 Å². The number of carbonyl (C=O) groups is 1. The molecule has 7 heteroatoms. The lowest BCUT2D eigenvalue weighted by Crippen LogP contribution is -2.58. The van der Waals surface area contributed by atoms with Crippen molar-refractivity contribution in [1.29, 1.82) is 0 Å². The van der Waals surface area contributed by atoms with Gasteiger partial charge < -0.3 is 10.1 Å². The Bertz CT molecular complexity index is 554. The van der Waals surface area contributed by atoms with Gasteiger partial charge in [0.15, 0.2) is 0 Å². The Balaban J connectivity index is 1.95. The van der Waals surface area contributed by atoms with E-state index in [2.05, 4.69) is 48.1 Å². The molecule has 0 spiro atoms. The molecular weight excluding hydrogens is 284 g/mol. The SMILES string of the molecule is C[C@@H]1CN(C(C)(C)CNC(=O)c2ccc(=O)[nH]n2)C[C@@H](C)O1. The van der Waals surface area contributed by atoms with Gasteiger partial charge in [0.25, 0.3) is 11.5 Å². The van der Waals surface area contributed by atoms with Crippen molar-refractivity contribution in [3.8, 4) is 0 Å². The third-order valence-corrected chi connectivity index (χ3v) is 3.87. The molecule has 1 amide bonds. The second kappa shape index (κ2) is 6.58. The number of aromatic amines is 1. The monoisotopic (exact) mass is 308 g/mol. The summed E-state index contributed by atoms with van der Waals surface area (Å²) in [7, 11) is 0. The summed E-state index contributed by atoms with van der Waals surface area (Å²) in [5.41, 5.74) is -0.309. The summed E-state index contributed by atoms with van der Waals surface area (Å²) in [6.07, 6.45) is 0.360. The smallest absolute Gasteiger partial charge is 0.271 e. The number of morpholine rings is 1. The van der Waals surface area contributed by atoms with Crippen LogP contribution in [-0.2, 0) is 4.74 Å². The van der Waals surface area contributed by atoms with Crippen molar-refractivity contribution in [3.05, 3.63) is 28.2 Å². The molecule has 2 heterocycles. The molecule has 22 heavy (non-hydrogen) atoms. The molecule has 122 valence electrons. The molecule has 1 aliphatic heterocycles. The highest BCUT2D eigenvalue weighted by molar-refractivity contribution is 5.92. The van der Waals surface area contributed by atoms with E-state index >= 15 is 0 Å². The van der Waals surface area contributed by atoms with Crippen molar-refractivity contribution in [2.24, 2.45) is 0 Å². The maximum absolute atomic E-state index is 12.1. The van der Waals surface area contributed by atoms with Gasteiger partial charge in [0.2, 0.25) is 0 Å². The first kappa shape index (κ1) is 16.6. The van der Waals surface area contributed by atoms with Gasteiger partial charge in [0.1, 0.15) is 5.69 Å². The van der Waals surface area contributed by atoms with Crippen LogP contribution in [0.3, 0.4) is 0 Å². The molecule has 1 aromatic heterocycles. The first-order chi connectivity index (χ1) is 10.3. The maximum Gasteiger partial charge on any atom is 0.271 e. The molecule has 2 rings (SSSR count). The molecular formula is C15H24N4O3. The lowest BCUT2D eigenvalue weighted by molar-refractivity contribution is -0.0948. The predicted octanol–water partition coefficient (Wildman–Crippen LogP) is 0.388. The summed E-state index contributed by atoms with van der Waals surface area (Å²) >= 11 is 0. The zero-order chi connectivity index (χ0) is 16.3. The fourth-order valence-electron chi connectivity index (χ4n) is 2.64. The van der Waals surface area contributed by atoms with Gasteiger partial charge in [0.05, 0.1) is 12.2 Å². The summed E-state index contributed by atoms with van der Waals surface area (Å²) in [6, 6.07) is 2.71. The van der Waals surface area contributed by atoms with Crippen molar-refractivity contribution in [2.45, 2.75) is 45.4 Å². The third kappa shape index (κ3) is 4.14. The first-order valence-electron chi connectivity index (χ1n) is 7.52. The topological polar surface area (TPSA) is 87.3 Å². The Morgan fingerprint density at radius 1 is 1.41 bits per heavy atom. The lowest BCUT2D eigenvalue weighted by Gasteiger charge is -2.45. The van der Waals surface area contributed by atoms with Crippen molar-refractivity contribution in [3.63, 3.8) is 0 Å². The molecule has 7 nitrogen and oxygen atoms in total. The van der Waals surface area contributed by atoms with Crippen LogP contribution in [-0.4, -0.2) is 58.4 Å². The Hall–Kier alpha value is -1.73. The summed E-state index contributed by atoms with van der Waals surface area (Å²) < 4.78 is 5.74. The number of hydrogen-bond acceptors (Lipinski definition) is 5. The minimum absolute atomic E-state index is 0.180. The van der Waals surface area contributed by atoms with E-state index in [1.54, 1.807) is 0 Å². The minimum Gasteiger partial charge on any atom is -0.373 e. The average molecular weight is 308 g/mol. The summed E-state index contributed by atoms with van der Waals surface area (Å²) in [5.74, 6) is -0.293. The minimum atomic E-state index is -0.326. The van der Waals surface area contributed by atoms with Crippen molar-refractivity contribution < 1.29 is 9.53 Å². The van der Waals surface area contributed by atoms with Crippen LogP contribution in [0, 0.1) is 0 Å². The number of aromatic nitrogens is 2. The number of amides is 1. The number of rotatable bonds is 4. The van der Waals surface area contributed by atoms with Gasteiger partial charge in [-0.25, -0.2) is 5.10 Å². The molecule has 0 unspecified atom stereocenters. The molecule has 0 saturated carbocycles. The zero-order valence-electron chi connectivity index (χ0n) is 13.5. The van der Waals surface area contributed by atoms with E-state index in [4.69, 9.17) is 4.74 Å². The Morgan fingerprint density at radius 3 is 2.59 bits per heavy atom. The van der Waals surface area contributed by atoms with E-state index in [0.29, 0.717) is 6.54 Å². The lowest BCUT2D eigenvalue weighted by atomic mass is 10.00. The fourth-order valence-corrected chi connectivity index (χ4v) is 2.64. The van der Waals surface area contributed by atoms with Crippen LogP contribution in [0.1, 0.15) is 38.2 Å². The Kier molecular flexibility index (Phi) is 4.97. The first-order valence-corrected chi connectivity index (χ1v) is 7.52. The maximum atomic E-state index is 12.1. The number of ether oxygens (including phenoxy) is 1. The highest BCUT2D eigenvalue weighted by atomic mass is 16.5. The molecule has 1 saturated heterocycles. The van der Waals surface area contributed by atoms with Crippen LogP contribution >= 0.6 is 0 Å². The summed E-state index contributed by atoms with van der Waals surface area (Å²) in [4.78, 5) is 25.4. The van der Waals surface area contributed by atoms with Gasteiger partial charge >= 0.3 is 0 Å². The highest BCUT2D eigenvalue weighted by Gasteiger charge is 2.33. The number of nitrogens with one attached hydrogen (secondary N) is 2. The van der Waals surface area contributed by atoms with Crippen LogP contribution in [0.4, 0.5) is 0 Å². The van der Waals surface area contributed by atoms with E-state index in [-0.39, 0.29) is 34.9 Å². The average Bonchev–Trinajstić information content (AvgIpc) is 2.44. The van der Waals surface area contributed by atoms with Crippen LogP contribution < -0.4 is 10.9 Å². The molecule has 0 bridgehead atoms. The molecule has 0 radical (unpaired) electrons. The van der Waals surface area contributed by atoms with Crippen LogP contribution in [0.25, 0.3) is 0 Å². The second-order valence-corrected chi connectivity index (χ2v) is 6.46. The quantitative estimate of drug-likeness (QED) is 0.840. The van der Waals surface area contributed by atoms with E-state index < -0.39 is 0 Å².